The Labute approximate surface area is 151 Å². The first-order chi connectivity index (χ1) is 11.6. The first-order valence-electron chi connectivity index (χ1n) is 7.42. The van der Waals surface area contributed by atoms with Gasteiger partial charge in [-0.05, 0) is 19.9 Å². The first-order valence-corrected chi connectivity index (χ1v) is 7.42. The van der Waals surface area contributed by atoms with Gasteiger partial charge in [-0.2, -0.15) is 13.2 Å². The molecule has 142 valence electrons. The van der Waals surface area contributed by atoms with Crippen LogP contribution in [0.4, 0.5) is 13.2 Å². The lowest BCUT2D eigenvalue weighted by atomic mass is 9.96. The number of hydrogen-bond donors (Lipinski definition) is 1. The largest absolute Gasteiger partial charge is 0.481 e. The second-order valence-electron chi connectivity index (χ2n) is 6.06. The summed E-state index contributed by atoms with van der Waals surface area (Å²) in [4.78, 5) is 28.9. The van der Waals surface area contributed by atoms with E-state index in [-0.39, 0.29) is 23.7 Å². The molecule has 2 aromatic rings. The van der Waals surface area contributed by atoms with E-state index in [1.54, 1.807) is 13.8 Å². The van der Waals surface area contributed by atoms with Crippen LogP contribution >= 0.6 is 12.4 Å². The number of fused-ring (bicyclic) bond motifs is 1. The number of carboxylic acids is 1. The Morgan fingerprint density at radius 2 is 1.96 bits per heavy atom. The minimum atomic E-state index is -4.70. The van der Waals surface area contributed by atoms with Gasteiger partial charge in [0.2, 0.25) is 0 Å². The minimum Gasteiger partial charge on any atom is -0.481 e. The Bertz CT molecular complexity index is 868. The minimum absolute atomic E-state index is 0. The molecule has 1 saturated heterocycles. The number of aliphatic carboxylic acids is 1. The third-order valence-corrected chi connectivity index (χ3v) is 4.32. The summed E-state index contributed by atoms with van der Waals surface area (Å²) in [6.07, 6.45) is -4.70. The highest BCUT2D eigenvalue weighted by molar-refractivity contribution is 6.06. The van der Waals surface area contributed by atoms with Gasteiger partial charge in [-0.1, -0.05) is 5.16 Å². The fourth-order valence-corrected chi connectivity index (χ4v) is 3.11. The maximum absolute atomic E-state index is 13.1. The highest BCUT2D eigenvalue weighted by Gasteiger charge is 2.53. The smallest absolute Gasteiger partial charge is 0.394 e. The highest BCUT2D eigenvalue weighted by atomic mass is 35.5. The van der Waals surface area contributed by atoms with Crippen molar-refractivity contribution in [3.63, 3.8) is 0 Å². The van der Waals surface area contributed by atoms with Crippen molar-refractivity contribution in [2.75, 3.05) is 13.1 Å². The molecule has 0 saturated carbocycles. The number of amides is 1. The summed E-state index contributed by atoms with van der Waals surface area (Å²) in [5, 5.41) is 13.1. The molecule has 0 aliphatic carbocycles. The van der Waals surface area contributed by atoms with E-state index in [2.05, 4.69) is 10.1 Å². The number of rotatable bonds is 2. The van der Waals surface area contributed by atoms with E-state index in [4.69, 9.17) is 9.63 Å². The Balaban J connectivity index is 0.00000243. The molecule has 0 aromatic carbocycles. The summed E-state index contributed by atoms with van der Waals surface area (Å²) in [5.74, 6) is -6.06. The molecule has 7 nitrogen and oxygen atoms in total. The van der Waals surface area contributed by atoms with Gasteiger partial charge in [-0.15, -0.1) is 12.4 Å². The zero-order chi connectivity index (χ0) is 18.5. The molecule has 0 spiro atoms. The lowest BCUT2D eigenvalue weighted by molar-refractivity contribution is -0.187. The molecule has 1 fully saturated rings. The summed E-state index contributed by atoms with van der Waals surface area (Å²) in [7, 11) is 0. The third kappa shape index (κ3) is 3.33. The van der Waals surface area contributed by atoms with Gasteiger partial charge in [0.25, 0.3) is 11.6 Å². The fraction of sp³-hybridized carbons (Fsp3) is 0.467. The van der Waals surface area contributed by atoms with Crippen molar-refractivity contribution in [2.45, 2.75) is 20.0 Å². The number of nitrogens with zero attached hydrogens (tertiary/aromatic N) is 3. The molecule has 3 rings (SSSR count). The summed E-state index contributed by atoms with van der Waals surface area (Å²) in [5.41, 5.74) is 1.04. The second-order valence-corrected chi connectivity index (χ2v) is 6.06. The maximum Gasteiger partial charge on any atom is 0.394 e. The van der Waals surface area contributed by atoms with E-state index in [9.17, 15) is 22.8 Å². The molecular formula is C15H15ClF3N3O4. The molecule has 26 heavy (non-hydrogen) atoms. The molecule has 2 aromatic heterocycles. The lowest BCUT2D eigenvalue weighted by Gasteiger charge is -2.18. The van der Waals surface area contributed by atoms with Crippen LogP contribution < -0.4 is 0 Å². The number of aryl methyl sites for hydroxylation is 2. The number of pyridine rings is 1. The second kappa shape index (κ2) is 6.75. The molecule has 0 bridgehead atoms. The molecule has 1 amide bonds. The van der Waals surface area contributed by atoms with E-state index >= 15 is 0 Å². The van der Waals surface area contributed by atoms with Crippen molar-refractivity contribution in [2.24, 2.45) is 11.8 Å². The number of carbonyl (C=O) groups is 2. The maximum atomic E-state index is 13.1. The first kappa shape index (κ1) is 20.0. The van der Waals surface area contributed by atoms with Gasteiger partial charge in [0, 0.05) is 18.8 Å². The van der Waals surface area contributed by atoms with Gasteiger partial charge >= 0.3 is 12.1 Å². The summed E-state index contributed by atoms with van der Waals surface area (Å²) in [6.45, 7) is 1.98. The number of hydrogen-bond acceptors (Lipinski definition) is 5. The highest BCUT2D eigenvalue weighted by Crippen LogP contribution is 2.38. The van der Waals surface area contributed by atoms with Crippen molar-refractivity contribution in [3.8, 4) is 0 Å². The molecule has 1 aliphatic rings. The molecule has 1 aliphatic heterocycles. The van der Waals surface area contributed by atoms with Crippen LogP contribution in [0.2, 0.25) is 0 Å². The van der Waals surface area contributed by atoms with Crippen molar-refractivity contribution in [3.05, 3.63) is 23.0 Å². The van der Waals surface area contributed by atoms with Gasteiger partial charge in [0.15, 0.2) is 0 Å². The average Bonchev–Trinajstić information content (AvgIpc) is 3.10. The molecule has 2 atom stereocenters. The molecule has 0 radical (unpaired) electrons. The summed E-state index contributed by atoms with van der Waals surface area (Å²) < 4.78 is 44.3. The lowest BCUT2D eigenvalue weighted by Crippen LogP contribution is -2.34. The molecule has 0 unspecified atom stereocenters. The topological polar surface area (TPSA) is 96.5 Å². The van der Waals surface area contributed by atoms with Crippen molar-refractivity contribution in [1.29, 1.82) is 0 Å². The number of alkyl halides is 3. The SMILES string of the molecule is Cc1cc(C(=O)N2C[C@@H](C(F)(F)F)[C@H](C(=O)O)C2)c2c(C)noc2n1.Cl. The summed E-state index contributed by atoms with van der Waals surface area (Å²) in [6, 6.07) is 1.44. The molecule has 3 heterocycles. The van der Waals surface area contributed by atoms with Crippen LogP contribution in [0.1, 0.15) is 21.7 Å². The zero-order valence-electron chi connectivity index (χ0n) is 13.7. The molecule has 1 N–H and O–H groups in total. The Morgan fingerprint density at radius 1 is 1.31 bits per heavy atom. The van der Waals surface area contributed by atoms with Gasteiger partial charge in [-0.3, -0.25) is 9.59 Å². The Morgan fingerprint density at radius 3 is 2.50 bits per heavy atom. The van der Waals surface area contributed by atoms with Crippen LogP contribution in [0.15, 0.2) is 10.6 Å². The van der Waals surface area contributed by atoms with Crippen LogP contribution in [0.3, 0.4) is 0 Å². The van der Waals surface area contributed by atoms with Crippen molar-refractivity contribution >= 4 is 35.4 Å². The van der Waals surface area contributed by atoms with Gasteiger partial charge in [-0.25, -0.2) is 4.98 Å². The van der Waals surface area contributed by atoms with E-state index in [0.29, 0.717) is 16.8 Å². The zero-order valence-corrected chi connectivity index (χ0v) is 14.5. The van der Waals surface area contributed by atoms with Crippen LogP contribution in [-0.4, -0.2) is 51.3 Å². The van der Waals surface area contributed by atoms with E-state index in [1.807, 2.05) is 0 Å². The van der Waals surface area contributed by atoms with Gasteiger partial charge in [0.1, 0.15) is 0 Å². The average molecular weight is 394 g/mol. The van der Waals surface area contributed by atoms with Gasteiger partial charge < -0.3 is 14.5 Å². The monoisotopic (exact) mass is 393 g/mol. The fourth-order valence-electron chi connectivity index (χ4n) is 3.11. The predicted octanol–water partition coefficient (Wildman–Crippen LogP) is 2.60. The van der Waals surface area contributed by atoms with E-state index in [1.165, 1.54) is 6.07 Å². The summed E-state index contributed by atoms with van der Waals surface area (Å²) >= 11 is 0. The van der Waals surface area contributed by atoms with Crippen molar-refractivity contribution < 1.29 is 32.4 Å². The number of carbonyl (C=O) groups excluding carboxylic acids is 1. The van der Waals surface area contributed by atoms with E-state index in [0.717, 1.165) is 4.90 Å². The predicted molar refractivity (Wildman–Crippen MR) is 85.1 cm³/mol. The van der Waals surface area contributed by atoms with Gasteiger partial charge in [0.05, 0.1) is 28.5 Å². The normalized spacial score (nSPS) is 20.3. The van der Waals surface area contributed by atoms with Crippen LogP contribution in [0.25, 0.3) is 11.1 Å². The molecule has 11 heteroatoms. The number of likely N-dealkylation sites (tertiary alicyclic amines) is 1. The molecular weight excluding hydrogens is 379 g/mol. The standard InChI is InChI=1S/C15H14F3N3O4.ClH/c1-6-3-8(11-7(2)20-25-12(11)19-6)13(22)21-4-9(14(23)24)10(5-21)15(16,17)18;/h3,9-10H,4-5H2,1-2H3,(H,23,24);1H/t9-,10-;/m1./s1. The van der Waals surface area contributed by atoms with Crippen LogP contribution in [0, 0.1) is 25.7 Å². The van der Waals surface area contributed by atoms with Crippen molar-refractivity contribution in [1.82, 2.24) is 15.0 Å². The number of halogens is 4. The van der Waals surface area contributed by atoms with Crippen LogP contribution in [-0.2, 0) is 4.79 Å². The number of aromatic nitrogens is 2. The third-order valence-electron chi connectivity index (χ3n) is 4.32. The Kier molecular flexibility index (Phi) is 5.18. The van der Waals surface area contributed by atoms with Crippen LogP contribution in [0.5, 0.6) is 0 Å². The number of carboxylic acid groups (broad SMARTS) is 1. The Hall–Kier alpha value is -2.36. The quantitative estimate of drug-likeness (QED) is 0.842. The van der Waals surface area contributed by atoms with E-state index < -0.39 is 43.0 Å².